The molecule has 2 aromatic rings. The number of hydrogen-bond acceptors (Lipinski definition) is 4. The van der Waals surface area contributed by atoms with Gasteiger partial charge in [-0.1, -0.05) is 30.3 Å². The summed E-state index contributed by atoms with van der Waals surface area (Å²) in [4.78, 5) is 12.6. The zero-order valence-electron chi connectivity index (χ0n) is 14.4. The highest BCUT2D eigenvalue weighted by Crippen LogP contribution is 2.21. The average Bonchev–Trinajstić information content (AvgIpc) is 3.08. The van der Waals surface area contributed by atoms with E-state index < -0.39 is 0 Å². The van der Waals surface area contributed by atoms with Crippen LogP contribution in [0.4, 0.5) is 5.69 Å². The van der Waals surface area contributed by atoms with Gasteiger partial charge in [-0.2, -0.15) is 5.10 Å². The summed E-state index contributed by atoms with van der Waals surface area (Å²) in [5, 5.41) is 18.7. The summed E-state index contributed by atoms with van der Waals surface area (Å²) in [5.74, 6) is -0.144. The van der Waals surface area contributed by atoms with E-state index in [2.05, 4.69) is 10.4 Å². The van der Waals surface area contributed by atoms with Crippen molar-refractivity contribution in [1.29, 1.82) is 0 Å². The Balaban J connectivity index is 1.69. The van der Waals surface area contributed by atoms with Gasteiger partial charge < -0.3 is 10.4 Å². The maximum absolute atomic E-state index is 12.6. The maximum atomic E-state index is 12.6. The number of anilines is 1. The minimum atomic E-state index is -0.204. The van der Waals surface area contributed by atoms with Crippen LogP contribution in [0.3, 0.4) is 0 Å². The first-order chi connectivity index (χ1) is 12.2. The highest BCUT2D eigenvalue weighted by molar-refractivity contribution is 5.95. The van der Waals surface area contributed by atoms with E-state index in [0.29, 0.717) is 12.0 Å². The third kappa shape index (κ3) is 4.25. The number of carbonyl (C=O) groups excluding carboxylic acids is 1. The van der Waals surface area contributed by atoms with Gasteiger partial charge in [0.1, 0.15) is 0 Å². The molecule has 0 spiro atoms. The zero-order chi connectivity index (χ0) is 17.6. The molecule has 0 aliphatic carbocycles. The molecular weight excluding hydrogens is 314 g/mol. The summed E-state index contributed by atoms with van der Waals surface area (Å²) in [6.45, 7) is 2.92. The van der Waals surface area contributed by atoms with Crippen LogP contribution < -0.4 is 10.3 Å². The number of nitrogens with one attached hydrogen (secondary N) is 1. The predicted molar refractivity (Wildman–Crippen MR) is 99.9 cm³/mol. The van der Waals surface area contributed by atoms with Crippen LogP contribution in [0.25, 0.3) is 0 Å². The van der Waals surface area contributed by atoms with Crippen LogP contribution in [0.1, 0.15) is 41.7 Å². The zero-order valence-corrected chi connectivity index (χ0v) is 14.4. The molecule has 1 heterocycles. The van der Waals surface area contributed by atoms with E-state index in [0.717, 1.165) is 29.9 Å². The number of aliphatic hydroxyl groups is 1. The number of aliphatic hydroxyl groups excluding tert-OH is 1. The average molecular weight is 337 g/mol. The first-order valence-electron chi connectivity index (χ1n) is 8.55. The molecule has 2 N–H and O–H groups in total. The lowest BCUT2D eigenvalue weighted by Gasteiger charge is -2.19. The van der Waals surface area contributed by atoms with Crippen LogP contribution in [0, 0.1) is 0 Å². The second-order valence-electron chi connectivity index (χ2n) is 6.20. The molecule has 1 amide bonds. The van der Waals surface area contributed by atoms with Crippen LogP contribution in [-0.4, -0.2) is 29.9 Å². The monoisotopic (exact) mass is 337 g/mol. The van der Waals surface area contributed by atoms with Crippen molar-refractivity contribution < 1.29 is 9.90 Å². The maximum Gasteiger partial charge on any atom is 0.251 e. The summed E-state index contributed by atoms with van der Waals surface area (Å²) in [5.41, 5.74) is 3.70. The van der Waals surface area contributed by atoms with Crippen LogP contribution in [0.2, 0.25) is 0 Å². The van der Waals surface area contributed by atoms with E-state index >= 15 is 0 Å². The number of hydrazone groups is 1. The highest BCUT2D eigenvalue weighted by Gasteiger charge is 2.17. The number of benzene rings is 2. The fourth-order valence-corrected chi connectivity index (χ4v) is 2.92. The van der Waals surface area contributed by atoms with E-state index in [1.807, 2.05) is 66.5 Å². The van der Waals surface area contributed by atoms with E-state index in [4.69, 9.17) is 0 Å². The smallest absolute Gasteiger partial charge is 0.251 e. The number of nitrogens with zero attached hydrogens (tertiary/aromatic N) is 2. The summed E-state index contributed by atoms with van der Waals surface area (Å²) in [6.07, 6.45) is 1.46. The topological polar surface area (TPSA) is 64.9 Å². The van der Waals surface area contributed by atoms with Gasteiger partial charge in [-0.3, -0.25) is 9.80 Å². The second kappa shape index (κ2) is 7.94. The van der Waals surface area contributed by atoms with Gasteiger partial charge in [0, 0.05) is 30.8 Å². The molecule has 0 bridgehead atoms. The lowest BCUT2D eigenvalue weighted by Crippen LogP contribution is -2.29. The van der Waals surface area contributed by atoms with Gasteiger partial charge in [-0.25, -0.2) is 0 Å². The highest BCUT2D eigenvalue weighted by atomic mass is 16.3. The van der Waals surface area contributed by atoms with Crippen molar-refractivity contribution in [3.8, 4) is 0 Å². The Hall–Kier alpha value is -2.66. The van der Waals surface area contributed by atoms with Crippen molar-refractivity contribution in [1.82, 2.24) is 5.32 Å². The third-order valence-electron chi connectivity index (χ3n) is 4.33. The Morgan fingerprint density at radius 1 is 1.20 bits per heavy atom. The first-order valence-corrected chi connectivity index (χ1v) is 8.55. The Labute approximate surface area is 148 Å². The molecule has 1 atom stereocenters. The number of hydrogen-bond donors (Lipinski definition) is 2. The Bertz CT molecular complexity index is 741. The van der Waals surface area contributed by atoms with Gasteiger partial charge >= 0.3 is 0 Å². The van der Waals surface area contributed by atoms with E-state index in [-0.39, 0.29) is 18.6 Å². The largest absolute Gasteiger partial charge is 0.396 e. The van der Waals surface area contributed by atoms with Crippen LogP contribution in [0.15, 0.2) is 59.7 Å². The number of amides is 1. The van der Waals surface area contributed by atoms with E-state index in [1.165, 1.54) is 0 Å². The first kappa shape index (κ1) is 17.2. The van der Waals surface area contributed by atoms with Gasteiger partial charge in [0.05, 0.1) is 11.7 Å². The molecular formula is C20H23N3O2. The van der Waals surface area contributed by atoms with Crippen molar-refractivity contribution >= 4 is 17.3 Å². The van der Waals surface area contributed by atoms with E-state index in [1.54, 1.807) is 0 Å². The molecule has 3 rings (SSSR count). The predicted octanol–water partition coefficient (Wildman–Crippen LogP) is 3.13. The van der Waals surface area contributed by atoms with Gasteiger partial charge in [-0.15, -0.1) is 0 Å². The van der Waals surface area contributed by atoms with Crippen molar-refractivity contribution in [2.24, 2.45) is 5.10 Å². The van der Waals surface area contributed by atoms with Gasteiger partial charge in [0.2, 0.25) is 0 Å². The Morgan fingerprint density at radius 2 is 1.92 bits per heavy atom. The minimum absolute atomic E-state index is 0.0189. The third-order valence-corrected chi connectivity index (χ3v) is 4.33. The summed E-state index contributed by atoms with van der Waals surface area (Å²) in [6, 6.07) is 17.0. The van der Waals surface area contributed by atoms with Crippen LogP contribution >= 0.6 is 0 Å². The molecule has 0 saturated heterocycles. The summed E-state index contributed by atoms with van der Waals surface area (Å²) >= 11 is 0. The fourth-order valence-electron chi connectivity index (χ4n) is 2.92. The van der Waals surface area contributed by atoms with Crippen molar-refractivity contribution in [3.63, 3.8) is 0 Å². The molecule has 0 fully saturated rings. The standard InChI is InChI=1S/C20H23N3O2/c1-15-11-13-23(22-15)18-9-7-17(8-10-18)20(25)21-19(12-14-24)16-5-3-2-4-6-16/h2-10,19,24H,11-14H2,1H3,(H,21,25). The molecule has 5 heteroatoms. The molecule has 0 radical (unpaired) electrons. The SMILES string of the molecule is CC1=NN(c2ccc(C(=O)NC(CCO)c3ccccc3)cc2)CC1. The normalized spacial score (nSPS) is 15.0. The molecule has 1 unspecified atom stereocenters. The van der Waals surface area contributed by atoms with Crippen molar-refractivity contribution in [2.45, 2.75) is 25.8 Å². The molecule has 0 saturated carbocycles. The molecule has 0 aromatic heterocycles. The molecule has 2 aromatic carbocycles. The molecule has 1 aliphatic heterocycles. The molecule has 130 valence electrons. The van der Waals surface area contributed by atoms with E-state index in [9.17, 15) is 9.90 Å². The summed E-state index contributed by atoms with van der Waals surface area (Å²) in [7, 11) is 0. The van der Waals surface area contributed by atoms with Crippen molar-refractivity contribution in [2.75, 3.05) is 18.2 Å². The van der Waals surface area contributed by atoms with Crippen LogP contribution in [0.5, 0.6) is 0 Å². The lowest BCUT2D eigenvalue weighted by atomic mass is 10.0. The quantitative estimate of drug-likeness (QED) is 0.851. The Morgan fingerprint density at radius 3 is 2.52 bits per heavy atom. The molecule has 1 aliphatic rings. The van der Waals surface area contributed by atoms with Gasteiger partial charge in [0.15, 0.2) is 0 Å². The van der Waals surface area contributed by atoms with Gasteiger partial charge in [-0.05, 0) is 43.2 Å². The lowest BCUT2D eigenvalue weighted by molar-refractivity contribution is 0.0930. The molecule has 25 heavy (non-hydrogen) atoms. The number of carbonyl (C=O) groups is 1. The fraction of sp³-hybridized carbons (Fsp3) is 0.300. The van der Waals surface area contributed by atoms with Gasteiger partial charge in [0.25, 0.3) is 5.91 Å². The summed E-state index contributed by atoms with van der Waals surface area (Å²) < 4.78 is 0. The Kier molecular flexibility index (Phi) is 5.46. The molecule has 5 nitrogen and oxygen atoms in total. The van der Waals surface area contributed by atoms with Crippen molar-refractivity contribution in [3.05, 3.63) is 65.7 Å². The second-order valence-corrected chi connectivity index (χ2v) is 6.20. The minimum Gasteiger partial charge on any atom is -0.396 e. The van der Waals surface area contributed by atoms with Crippen LogP contribution in [-0.2, 0) is 0 Å². The number of rotatable bonds is 6.